The van der Waals surface area contributed by atoms with Crippen LogP contribution in [0.2, 0.25) is 0 Å². The summed E-state index contributed by atoms with van der Waals surface area (Å²) in [5.74, 6) is 3.33. The first kappa shape index (κ1) is 8.83. The summed E-state index contributed by atoms with van der Waals surface area (Å²) >= 11 is 0. The van der Waals surface area contributed by atoms with Crippen molar-refractivity contribution in [1.82, 2.24) is 4.98 Å². The van der Waals surface area contributed by atoms with Crippen molar-refractivity contribution in [3.63, 3.8) is 0 Å². The summed E-state index contributed by atoms with van der Waals surface area (Å²) in [5, 5.41) is 8.72. The van der Waals surface area contributed by atoms with E-state index in [4.69, 9.17) is 18.0 Å². The lowest BCUT2D eigenvalue weighted by Crippen LogP contribution is -2.03. The lowest BCUT2D eigenvalue weighted by Gasteiger charge is -1.99. The highest BCUT2D eigenvalue weighted by Crippen LogP contribution is 2.09. The van der Waals surface area contributed by atoms with Crippen molar-refractivity contribution in [1.29, 1.82) is 0 Å². The molecule has 13 heavy (non-hydrogen) atoms. The summed E-state index contributed by atoms with van der Waals surface area (Å²) in [5.41, 5.74) is 0.338. The second-order valence-corrected chi connectivity index (χ2v) is 2.18. The van der Waals surface area contributed by atoms with E-state index in [0.29, 0.717) is 0 Å². The molecule has 0 atom stereocenters. The Bertz CT molecular complexity index is 435. The molecule has 0 unspecified atom stereocenters. The first-order valence-electron chi connectivity index (χ1n) is 3.36. The zero-order valence-electron chi connectivity index (χ0n) is 6.61. The van der Waals surface area contributed by atoms with E-state index in [1.165, 1.54) is 12.3 Å². The molecular weight excluding hydrogens is 166 g/mol. The standard InChI is InChI=1S/C10H5NO2/c1-3-7-8(10(12)13)5-6-11-9(7)4-2/h1-2,5-6H,(H,12,13). The molecule has 0 bridgehead atoms. The number of terminal acetylenes is 2. The minimum atomic E-state index is -1.10. The Labute approximate surface area is 75.4 Å². The number of carbonyl (C=O) groups is 1. The van der Waals surface area contributed by atoms with Crippen LogP contribution in [-0.2, 0) is 0 Å². The average Bonchev–Trinajstić information content (AvgIpc) is 2.16. The van der Waals surface area contributed by atoms with E-state index in [1.807, 2.05) is 0 Å². The van der Waals surface area contributed by atoms with Gasteiger partial charge in [-0.05, 0) is 12.0 Å². The highest BCUT2D eigenvalue weighted by molar-refractivity contribution is 5.91. The number of rotatable bonds is 1. The average molecular weight is 171 g/mol. The summed E-state index contributed by atoms with van der Waals surface area (Å²) in [6.45, 7) is 0. The van der Waals surface area contributed by atoms with Gasteiger partial charge < -0.3 is 5.11 Å². The van der Waals surface area contributed by atoms with E-state index in [-0.39, 0.29) is 16.8 Å². The lowest BCUT2D eigenvalue weighted by molar-refractivity contribution is 0.0696. The first-order valence-corrected chi connectivity index (χ1v) is 3.36. The van der Waals surface area contributed by atoms with E-state index in [1.54, 1.807) is 0 Å². The van der Waals surface area contributed by atoms with E-state index in [2.05, 4.69) is 16.8 Å². The summed E-state index contributed by atoms with van der Waals surface area (Å²) < 4.78 is 0. The van der Waals surface area contributed by atoms with Crippen molar-refractivity contribution < 1.29 is 9.90 Å². The highest BCUT2D eigenvalue weighted by Gasteiger charge is 2.11. The minimum Gasteiger partial charge on any atom is -0.478 e. The Morgan fingerprint density at radius 1 is 1.46 bits per heavy atom. The summed E-state index contributed by atoms with van der Waals surface area (Å²) in [4.78, 5) is 14.4. The number of carboxylic acid groups (broad SMARTS) is 1. The Kier molecular flexibility index (Phi) is 2.33. The van der Waals surface area contributed by atoms with Gasteiger partial charge in [0.05, 0.1) is 11.1 Å². The number of hydrogen-bond acceptors (Lipinski definition) is 2. The summed E-state index contributed by atoms with van der Waals surface area (Å²) in [7, 11) is 0. The zero-order chi connectivity index (χ0) is 9.84. The molecule has 1 rings (SSSR count). The second kappa shape index (κ2) is 3.42. The van der Waals surface area contributed by atoms with Crippen LogP contribution in [-0.4, -0.2) is 16.1 Å². The number of aromatic carboxylic acids is 1. The molecule has 0 saturated carbocycles. The van der Waals surface area contributed by atoms with Crippen LogP contribution in [0.25, 0.3) is 0 Å². The largest absolute Gasteiger partial charge is 0.478 e. The molecule has 3 heteroatoms. The monoisotopic (exact) mass is 171 g/mol. The van der Waals surface area contributed by atoms with Gasteiger partial charge >= 0.3 is 5.97 Å². The van der Waals surface area contributed by atoms with Crippen molar-refractivity contribution in [3.8, 4) is 24.7 Å². The number of aromatic nitrogens is 1. The molecule has 0 radical (unpaired) electrons. The van der Waals surface area contributed by atoms with Crippen molar-refractivity contribution in [2.75, 3.05) is 0 Å². The van der Waals surface area contributed by atoms with E-state index >= 15 is 0 Å². The van der Waals surface area contributed by atoms with Gasteiger partial charge in [0.1, 0.15) is 5.69 Å². The minimum absolute atomic E-state index is 0.00505. The molecular formula is C10H5NO2. The van der Waals surface area contributed by atoms with Crippen LogP contribution < -0.4 is 0 Å². The molecule has 1 aromatic rings. The Balaban J connectivity index is 3.49. The van der Waals surface area contributed by atoms with Crippen LogP contribution in [0, 0.1) is 24.7 Å². The van der Waals surface area contributed by atoms with Crippen molar-refractivity contribution in [3.05, 3.63) is 29.1 Å². The smallest absolute Gasteiger partial charge is 0.337 e. The highest BCUT2D eigenvalue weighted by atomic mass is 16.4. The molecule has 0 saturated heterocycles. The van der Waals surface area contributed by atoms with E-state index in [0.717, 1.165) is 0 Å². The third-order valence-corrected chi connectivity index (χ3v) is 1.46. The summed E-state index contributed by atoms with van der Waals surface area (Å²) in [6, 6.07) is 1.32. The molecule has 1 heterocycles. The van der Waals surface area contributed by atoms with Crippen LogP contribution >= 0.6 is 0 Å². The number of carboxylic acids is 1. The Morgan fingerprint density at radius 3 is 2.62 bits per heavy atom. The van der Waals surface area contributed by atoms with Gasteiger partial charge in [-0.2, -0.15) is 0 Å². The quantitative estimate of drug-likeness (QED) is 0.634. The predicted molar refractivity (Wildman–Crippen MR) is 47.1 cm³/mol. The maximum absolute atomic E-state index is 10.7. The van der Waals surface area contributed by atoms with Crippen molar-refractivity contribution >= 4 is 5.97 Å². The van der Waals surface area contributed by atoms with Gasteiger partial charge in [-0.3, -0.25) is 0 Å². The normalized spacial score (nSPS) is 8.46. The van der Waals surface area contributed by atoms with Crippen LogP contribution in [0.3, 0.4) is 0 Å². The lowest BCUT2D eigenvalue weighted by atomic mass is 10.1. The molecule has 0 amide bonds. The van der Waals surface area contributed by atoms with Gasteiger partial charge in [0.15, 0.2) is 0 Å². The third-order valence-electron chi connectivity index (χ3n) is 1.46. The van der Waals surface area contributed by atoms with Gasteiger partial charge in [0.2, 0.25) is 0 Å². The van der Waals surface area contributed by atoms with Gasteiger partial charge in [0, 0.05) is 6.20 Å². The Morgan fingerprint density at radius 2 is 2.15 bits per heavy atom. The van der Waals surface area contributed by atoms with Gasteiger partial charge in [-0.25, -0.2) is 9.78 Å². The summed E-state index contributed by atoms with van der Waals surface area (Å²) in [6.07, 6.45) is 11.5. The van der Waals surface area contributed by atoms with Gasteiger partial charge in [0.25, 0.3) is 0 Å². The first-order chi connectivity index (χ1) is 6.20. The topological polar surface area (TPSA) is 50.2 Å². The third kappa shape index (κ3) is 1.50. The predicted octanol–water partition coefficient (Wildman–Crippen LogP) is 0.742. The number of hydrogen-bond donors (Lipinski definition) is 1. The molecule has 1 N–H and O–H groups in total. The SMILES string of the molecule is C#Cc1nccc(C(=O)O)c1C#C. The molecule has 3 nitrogen and oxygen atoms in total. The van der Waals surface area contributed by atoms with Gasteiger partial charge in [-0.1, -0.05) is 5.92 Å². The molecule has 0 aliphatic rings. The van der Waals surface area contributed by atoms with Crippen LogP contribution in [0.5, 0.6) is 0 Å². The molecule has 0 fully saturated rings. The number of nitrogens with zero attached hydrogens (tertiary/aromatic N) is 1. The molecule has 0 aliphatic heterocycles. The van der Waals surface area contributed by atoms with E-state index < -0.39 is 5.97 Å². The van der Waals surface area contributed by atoms with E-state index in [9.17, 15) is 4.79 Å². The molecule has 62 valence electrons. The maximum atomic E-state index is 10.7. The Hall–Kier alpha value is -2.26. The van der Waals surface area contributed by atoms with Crippen LogP contribution in [0.15, 0.2) is 12.3 Å². The van der Waals surface area contributed by atoms with Gasteiger partial charge in [-0.15, -0.1) is 12.8 Å². The molecule has 0 aromatic carbocycles. The van der Waals surface area contributed by atoms with Crippen molar-refractivity contribution in [2.24, 2.45) is 0 Å². The zero-order valence-corrected chi connectivity index (χ0v) is 6.61. The fraction of sp³-hybridized carbons (Fsp3) is 0. The fourth-order valence-electron chi connectivity index (χ4n) is 0.896. The molecule has 1 aromatic heterocycles. The second-order valence-electron chi connectivity index (χ2n) is 2.18. The molecule has 0 aliphatic carbocycles. The van der Waals surface area contributed by atoms with Crippen molar-refractivity contribution in [2.45, 2.75) is 0 Å². The van der Waals surface area contributed by atoms with Crippen LogP contribution in [0.1, 0.15) is 21.6 Å². The number of pyridine rings is 1. The maximum Gasteiger partial charge on any atom is 0.337 e. The molecule has 0 spiro atoms. The fourth-order valence-corrected chi connectivity index (χ4v) is 0.896. The van der Waals surface area contributed by atoms with Crippen LogP contribution in [0.4, 0.5) is 0 Å².